The first-order valence-corrected chi connectivity index (χ1v) is 14.0. The van der Waals surface area contributed by atoms with Crippen molar-refractivity contribution in [3.8, 4) is 22.6 Å². The molecule has 0 heterocycles. The van der Waals surface area contributed by atoms with Crippen molar-refractivity contribution < 1.29 is 19.0 Å². The zero-order chi connectivity index (χ0) is 26.7. The summed E-state index contributed by atoms with van der Waals surface area (Å²) in [5.41, 5.74) is 6.45. The average Bonchev–Trinajstić information content (AvgIpc) is 3.66. The van der Waals surface area contributed by atoms with Gasteiger partial charge in [0.15, 0.2) is 0 Å². The largest absolute Gasteiger partial charge is 0.490 e. The molecule has 5 rings (SSSR count). The van der Waals surface area contributed by atoms with E-state index in [0.717, 1.165) is 29.9 Å². The molecule has 0 bridgehead atoms. The maximum absolute atomic E-state index is 11.7. The van der Waals surface area contributed by atoms with E-state index in [-0.39, 0.29) is 17.3 Å². The van der Waals surface area contributed by atoms with Crippen LogP contribution >= 0.6 is 0 Å². The summed E-state index contributed by atoms with van der Waals surface area (Å²) in [6.45, 7) is 7.35. The SMILES string of the molecule is COC(=O)CC(C)c1cccc(OCc2ccc(-c3cccc(OC4CC4)c3)c([C@H]3CCCC3(C)C)c2)c1. The summed E-state index contributed by atoms with van der Waals surface area (Å²) in [6, 6.07) is 23.5. The van der Waals surface area contributed by atoms with Crippen molar-refractivity contribution in [1.29, 1.82) is 0 Å². The molecule has 2 saturated carbocycles. The van der Waals surface area contributed by atoms with E-state index in [2.05, 4.69) is 56.3 Å². The van der Waals surface area contributed by atoms with Gasteiger partial charge in [-0.2, -0.15) is 0 Å². The Balaban J connectivity index is 1.38. The van der Waals surface area contributed by atoms with Crippen LogP contribution in [0.2, 0.25) is 0 Å². The van der Waals surface area contributed by atoms with Crippen LogP contribution in [0.15, 0.2) is 66.7 Å². The Labute approximate surface area is 227 Å². The fraction of sp³-hybridized carbons (Fsp3) is 0.441. The minimum absolute atomic E-state index is 0.0705. The highest BCUT2D eigenvalue weighted by atomic mass is 16.5. The van der Waals surface area contributed by atoms with Gasteiger partial charge in [-0.25, -0.2) is 0 Å². The average molecular weight is 513 g/mol. The highest BCUT2D eigenvalue weighted by Gasteiger charge is 2.37. The van der Waals surface area contributed by atoms with E-state index in [9.17, 15) is 4.79 Å². The summed E-state index contributed by atoms with van der Waals surface area (Å²) in [7, 11) is 1.43. The summed E-state index contributed by atoms with van der Waals surface area (Å²) in [5, 5.41) is 0. The van der Waals surface area contributed by atoms with E-state index >= 15 is 0 Å². The highest BCUT2D eigenvalue weighted by Crippen LogP contribution is 2.51. The Morgan fingerprint density at radius 3 is 2.50 bits per heavy atom. The number of carbonyl (C=O) groups excluding carboxylic acids is 1. The molecule has 4 heteroatoms. The second-order valence-electron chi connectivity index (χ2n) is 11.7. The lowest BCUT2D eigenvalue weighted by molar-refractivity contribution is -0.140. The van der Waals surface area contributed by atoms with Crippen LogP contribution in [-0.4, -0.2) is 19.2 Å². The van der Waals surface area contributed by atoms with Gasteiger partial charge in [-0.05, 0) is 95.0 Å². The van der Waals surface area contributed by atoms with Gasteiger partial charge in [-0.3, -0.25) is 4.79 Å². The number of hydrogen-bond donors (Lipinski definition) is 0. The Hall–Kier alpha value is -3.27. The van der Waals surface area contributed by atoms with Gasteiger partial charge in [-0.15, -0.1) is 0 Å². The molecule has 0 amide bonds. The zero-order valence-electron chi connectivity index (χ0n) is 23.2. The van der Waals surface area contributed by atoms with Crippen molar-refractivity contribution in [2.24, 2.45) is 5.41 Å². The molecule has 0 radical (unpaired) electrons. The summed E-state index contributed by atoms with van der Waals surface area (Å²) in [4.78, 5) is 11.7. The molecule has 0 aliphatic heterocycles. The smallest absolute Gasteiger partial charge is 0.306 e. The molecule has 2 aliphatic rings. The molecule has 2 aliphatic carbocycles. The number of rotatable bonds is 10. The maximum atomic E-state index is 11.7. The van der Waals surface area contributed by atoms with Crippen LogP contribution in [0.1, 0.15) is 87.8 Å². The molecular formula is C34H40O4. The lowest BCUT2D eigenvalue weighted by Crippen LogP contribution is -2.16. The first-order chi connectivity index (χ1) is 18.3. The van der Waals surface area contributed by atoms with Gasteiger partial charge in [-0.1, -0.05) is 69.7 Å². The van der Waals surface area contributed by atoms with Crippen molar-refractivity contribution in [2.45, 2.75) is 83.8 Å². The summed E-state index contributed by atoms with van der Waals surface area (Å²) >= 11 is 0. The molecule has 0 aromatic heterocycles. The van der Waals surface area contributed by atoms with Crippen molar-refractivity contribution in [3.63, 3.8) is 0 Å². The minimum Gasteiger partial charge on any atom is -0.490 e. The lowest BCUT2D eigenvalue weighted by Gasteiger charge is -2.30. The number of hydrogen-bond acceptors (Lipinski definition) is 4. The topological polar surface area (TPSA) is 44.8 Å². The third-order valence-electron chi connectivity index (χ3n) is 8.25. The van der Waals surface area contributed by atoms with E-state index in [1.54, 1.807) is 0 Å². The van der Waals surface area contributed by atoms with E-state index < -0.39 is 0 Å². The zero-order valence-corrected chi connectivity index (χ0v) is 23.2. The van der Waals surface area contributed by atoms with Crippen molar-refractivity contribution in [2.75, 3.05) is 7.11 Å². The molecule has 2 fully saturated rings. The van der Waals surface area contributed by atoms with Gasteiger partial charge in [0.25, 0.3) is 0 Å². The van der Waals surface area contributed by atoms with Crippen molar-refractivity contribution in [3.05, 3.63) is 83.4 Å². The quantitative estimate of drug-likeness (QED) is 0.256. The third kappa shape index (κ3) is 6.23. The third-order valence-corrected chi connectivity index (χ3v) is 8.25. The van der Waals surface area contributed by atoms with E-state index in [0.29, 0.717) is 25.0 Å². The number of methoxy groups -OCH3 is 1. The first-order valence-electron chi connectivity index (χ1n) is 14.0. The predicted octanol–water partition coefficient (Wildman–Crippen LogP) is 8.43. The lowest BCUT2D eigenvalue weighted by atomic mass is 9.75. The van der Waals surface area contributed by atoms with Crippen LogP contribution < -0.4 is 9.47 Å². The van der Waals surface area contributed by atoms with Gasteiger partial charge in [0, 0.05) is 0 Å². The number of ether oxygens (including phenoxy) is 3. The van der Waals surface area contributed by atoms with Crippen LogP contribution in [0.5, 0.6) is 11.5 Å². The second kappa shape index (κ2) is 11.2. The van der Waals surface area contributed by atoms with Gasteiger partial charge in [0.2, 0.25) is 0 Å². The van der Waals surface area contributed by atoms with Gasteiger partial charge < -0.3 is 14.2 Å². The maximum Gasteiger partial charge on any atom is 0.306 e. The van der Waals surface area contributed by atoms with Crippen LogP contribution in [-0.2, 0) is 16.1 Å². The van der Waals surface area contributed by atoms with Crippen LogP contribution in [0.4, 0.5) is 0 Å². The molecule has 0 spiro atoms. The van der Waals surface area contributed by atoms with Crippen molar-refractivity contribution >= 4 is 5.97 Å². The Bertz CT molecular complexity index is 1270. The molecule has 200 valence electrons. The standard InChI is InChI=1S/C34H40O4/c1-23(18-33(35)36-4)25-8-5-10-28(20-25)37-22-24-13-16-30(31(19-24)32-12-7-17-34(32,2)3)26-9-6-11-29(21-26)38-27-14-15-27/h5-6,8-11,13,16,19-21,23,27,32H,7,12,14-15,17-18,22H2,1-4H3/t23?,32-/m1/s1. The van der Waals surface area contributed by atoms with Gasteiger partial charge in [0.1, 0.15) is 18.1 Å². The van der Waals surface area contributed by atoms with Crippen LogP contribution in [0.25, 0.3) is 11.1 Å². The molecule has 4 nitrogen and oxygen atoms in total. The van der Waals surface area contributed by atoms with Crippen LogP contribution in [0.3, 0.4) is 0 Å². The molecule has 2 atom stereocenters. The summed E-state index contributed by atoms with van der Waals surface area (Å²) in [6.07, 6.45) is 6.79. The highest BCUT2D eigenvalue weighted by molar-refractivity contribution is 5.71. The molecule has 38 heavy (non-hydrogen) atoms. The van der Waals surface area contributed by atoms with Crippen LogP contribution in [0, 0.1) is 5.41 Å². The van der Waals surface area contributed by atoms with Gasteiger partial charge in [0.05, 0.1) is 19.6 Å². The molecule has 3 aromatic rings. The van der Waals surface area contributed by atoms with Gasteiger partial charge >= 0.3 is 5.97 Å². The number of esters is 1. The summed E-state index contributed by atoms with van der Waals surface area (Å²) in [5.74, 6) is 2.16. The Morgan fingerprint density at radius 2 is 1.76 bits per heavy atom. The number of benzene rings is 3. The molecular weight excluding hydrogens is 472 g/mol. The van der Waals surface area contributed by atoms with E-state index in [4.69, 9.17) is 14.2 Å². The normalized spacial score (nSPS) is 19.1. The summed E-state index contributed by atoms with van der Waals surface area (Å²) < 4.78 is 17.2. The second-order valence-corrected chi connectivity index (χ2v) is 11.7. The Kier molecular flexibility index (Phi) is 7.78. The molecule has 0 saturated heterocycles. The fourth-order valence-corrected chi connectivity index (χ4v) is 5.80. The Morgan fingerprint density at radius 1 is 0.974 bits per heavy atom. The van der Waals surface area contributed by atoms with E-state index in [1.165, 1.54) is 48.6 Å². The minimum atomic E-state index is -0.198. The predicted molar refractivity (Wildman–Crippen MR) is 152 cm³/mol. The van der Waals surface area contributed by atoms with Crippen molar-refractivity contribution in [1.82, 2.24) is 0 Å². The first kappa shape index (κ1) is 26.3. The molecule has 1 unspecified atom stereocenters. The van der Waals surface area contributed by atoms with E-state index in [1.807, 2.05) is 31.2 Å². The molecule has 0 N–H and O–H groups in total. The number of carbonyl (C=O) groups is 1. The monoisotopic (exact) mass is 512 g/mol. The fourth-order valence-electron chi connectivity index (χ4n) is 5.80. The molecule has 3 aromatic carbocycles.